The minimum absolute atomic E-state index is 0.154. The molecule has 4 rings (SSSR count). The van der Waals surface area contributed by atoms with Crippen LogP contribution in [0.4, 0.5) is 8.78 Å². The van der Waals surface area contributed by atoms with E-state index in [-0.39, 0.29) is 22.0 Å². The number of hydrogen-bond donors (Lipinski definition) is 2. The SMILES string of the molecule is O=C(O)[C@@H]1C[C@@H](S(=O)(=O)c2ccc(F)cc2Cl)CN1C(=O)C1(c2ncc(Br)cc2F)CCN1. The van der Waals surface area contributed by atoms with Crippen LogP contribution in [-0.4, -0.2) is 59.7 Å². The third kappa shape index (κ3) is 4.02. The first kappa shape index (κ1) is 24.0. The number of halogens is 4. The fraction of sp³-hybridized carbons (Fsp3) is 0.350. The monoisotopic (exact) mass is 563 g/mol. The van der Waals surface area contributed by atoms with Crippen molar-refractivity contribution in [3.63, 3.8) is 0 Å². The maximum atomic E-state index is 14.7. The zero-order chi connectivity index (χ0) is 24.1. The molecule has 2 aliphatic heterocycles. The van der Waals surface area contributed by atoms with E-state index < -0.39 is 63.1 Å². The number of nitrogens with one attached hydrogen (secondary N) is 1. The summed E-state index contributed by atoms with van der Waals surface area (Å²) in [4.78, 5) is 30.1. The van der Waals surface area contributed by atoms with Crippen LogP contribution in [0.1, 0.15) is 18.5 Å². The third-order valence-electron chi connectivity index (χ3n) is 5.95. The minimum Gasteiger partial charge on any atom is -0.480 e. The number of benzene rings is 1. The molecule has 2 N–H and O–H groups in total. The zero-order valence-electron chi connectivity index (χ0n) is 16.8. The predicted molar refractivity (Wildman–Crippen MR) is 116 cm³/mol. The van der Waals surface area contributed by atoms with Gasteiger partial charge in [0.25, 0.3) is 0 Å². The molecule has 0 saturated carbocycles. The fourth-order valence-electron chi connectivity index (χ4n) is 4.20. The average molecular weight is 565 g/mol. The van der Waals surface area contributed by atoms with E-state index in [1.165, 1.54) is 6.20 Å². The van der Waals surface area contributed by atoms with E-state index in [0.717, 1.165) is 29.2 Å². The molecule has 176 valence electrons. The standard InChI is InChI=1S/C20H17BrClF2N3O5S/c21-10-5-14(24)17(25-8-10)20(3-4-26-20)19(30)27-9-12(7-15(27)18(28)29)33(31,32)16-2-1-11(23)6-13(16)22/h1-2,5-6,8,12,15,26H,3-4,7,9H2,(H,28,29)/t12-,15+,20?/m1/s1. The van der Waals surface area contributed by atoms with Gasteiger partial charge in [0.1, 0.15) is 28.9 Å². The molecular weight excluding hydrogens is 548 g/mol. The quantitative estimate of drug-likeness (QED) is 0.536. The second-order valence-corrected chi connectivity index (χ2v) is 11.4. The summed E-state index contributed by atoms with van der Waals surface area (Å²) >= 11 is 9.03. The van der Waals surface area contributed by atoms with Crippen LogP contribution in [0.15, 0.2) is 39.8 Å². The number of carbonyl (C=O) groups is 2. The largest absolute Gasteiger partial charge is 0.480 e. The smallest absolute Gasteiger partial charge is 0.326 e. The van der Waals surface area contributed by atoms with E-state index in [0.29, 0.717) is 11.0 Å². The van der Waals surface area contributed by atoms with Crippen molar-refractivity contribution in [3.05, 3.63) is 57.3 Å². The summed E-state index contributed by atoms with van der Waals surface area (Å²) in [5.74, 6) is -3.67. The number of nitrogens with zero attached hydrogens (tertiary/aromatic N) is 2. The Balaban J connectivity index is 1.70. The van der Waals surface area contributed by atoms with Gasteiger partial charge in [-0.25, -0.2) is 22.0 Å². The molecule has 13 heteroatoms. The Hall–Kier alpha value is -2.15. The number of rotatable bonds is 5. The van der Waals surface area contributed by atoms with Crippen molar-refractivity contribution < 1.29 is 31.9 Å². The van der Waals surface area contributed by atoms with E-state index in [9.17, 15) is 31.9 Å². The van der Waals surface area contributed by atoms with Gasteiger partial charge in [-0.1, -0.05) is 11.6 Å². The first-order valence-corrected chi connectivity index (χ1v) is 12.5. The molecular formula is C20H17BrClF2N3O5S. The molecule has 2 fully saturated rings. The van der Waals surface area contributed by atoms with Crippen LogP contribution >= 0.6 is 27.5 Å². The van der Waals surface area contributed by atoms with Crippen LogP contribution in [0.3, 0.4) is 0 Å². The van der Waals surface area contributed by atoms with Gasteiger partial charge in [-0.15, -0.1) is 0 Å². The van der Waals surface area contributed by atoms with Crippen LogP contribution in [0.25, 0.3) is 0 Å². The molecule has 1 aromatic carbocycles. The van der Waals surface area contributed by atoms with Crippen molar-refractivity contribution in [2.45, 2.75) is 34.6 Å². The maximum Gasteiger partial charge on any atom is 0.326 e. The summed E-state index contributed by atoms with van der Waals surface area (Å²) in [6.45, 7) is -0.0885. The normalized spacial score (nSPS) is 25.0. The molecule has 1 unspecified atom stereocenters. The number of aromatic nitrogens is 1. The molecule has 3 atom stereocenters. The Morgan fingerprint density at radius 2 is 2.00 bits per heavy atom. The second-order valence-electron chi connectivity index (χ2n) is 7.86. The number of aliphatic carboxylic acids is 1. The number of sulfone groups is 1. The number of carbonyl (C=O) groups excluding carboxylic acids is 1. The summed E-state index contributed by atoms with van der Waals surface area (Å²) < 4.78 is 54.8. The van der Waals surface area contributed by atoms with Crippen LogP contribution in [0, 0.1) is 11.6 Å². The van der Waals surface area contributed by atoms with E-state index in [2.05, 4.69) is 26.2 Å². The van der Waals surface area contributed by atoms with Gasteiger partial charge >= 0.3 is 5.97 Å². The first-order valence-electron chi connectivity index (χ1n) is 9.77. The summed E-state index contributed by atoms with van der Waals surface area (Å²) in [5, 5.41) is 10.9. The van der Waals surface area contributed by atoms with Gasteiger partial charge < -0.3 is 10.0 Å². The van der Waals surface area contributed by atoms with Crippen LogP contribution in [0.2, 0.25) is 5.02 Å². The molecule has 8 nitrogen and oxygen atoms in total. The molecule has 0 spiro atoms. The lowest BCUT2D eigenvalue weighted by Gasteiger charge is -2.44. The van der Waals surface area contributed by atoms with E-state index in [4.69, 9.17) is 11.6 Å². The Morgan fingerprint density at radius 3 is 2.55 bits per heavy atom. The highest BCUT2D eigenvalue weighted by Gasteiger charge is 2.55. The molecule has 0 aliphatic carbocycles. The number of hydrogen-bond acceptors (Lipinski definition) is 6. The summed E-state index contributed by atoms with van der Waals surface area (Å²) in [6.07, 6.45) is 1.07. The molecule has 1 amide bonds. The summed E-state index contributed by atoms with van der Waals surface area (Å²) in [7, 11) is -4.20. The van der Waals surface area contributed by atoms with Gasteiger partial charge in [0.2, 0.25) is 5.91 Å². The van der Waals surface area contributed by atoms with Crippen molar-refractivity contribution in [1.82, 2.24) is 15.2 Å². The van der Waals surface area contributed by atoms with Gasteiger partial charge in [0.15, 0.2) is 9.84 Å². The average Bonchev–Trinajstić information content (AvgIpc) is 3.15. The van der Waals surface area contributed by atoms with Crippen molar-refractivity contribution in [1.29, 1.82) is 0 Å². The molecule has 0 radical (unpaired) electrons. The number of carboxylic acid groups (broad SMARTS) is 1. The van der Waals surface area contributed by atoms with Crippen molar-refractivity contribution in [2.24, 2.45) is 0 Å². The van der Waals surface area contributed by atoms with Crippen molar-refractivity contribution in [2.75, 3.05) is 13.1 Å². The van der Waals surface area contributed by atoms with Gasteiger partial charge in [-0.2, -0.15) is 0 Å². The van der Waals surface area contributed by atoms with Crippen LogP contribution < -0.4 is 5.32 Å². The molecule has 2 saturated heterocycles. The highest BCUT2D eigenvalue weighted by atomic mass is 79.9. The third-order valence-corrected chi connectivity index (χ3v) is 9.00. The Kier molecular flexibility index (Phi) is 6.23. The van der Waals surface area contributed by atoms with Crippen molar-refractivity contribution in [3.8, 4) is 0 Å². The zero-order valence-corrected chi connectivity index (χ0v) is 19.9. The van der Waals surface area contributed by atoms with E-state index in [1.807, 2.05) is 0 Å². The van der Waals surface area contributed by atoms with Gasteiger partial charge in [0, 0.05) is 17.2 Å². The molecule has 3 heterocycles. The number of carboxylic acids is 1. The molecule has 2 aliphatic rings. The second kappa shape index (κ2) is 8.57. The highest BCUT2D eigenvalue weighted by molar-refractivity contribution is 9.10. The molecule has 1 aromatic heterocycles. The highest BCUT2D eigenvalue weighted by Crippen LogP contribution is 2.39. The van der Waals surface area contributed by atoms with Crippen molar-refractivity contribution >= 4 is 49.2 Å². The number of likely N-dealkylation sites (tertiary alicyclic amines) is 1. The first-order chi connectivity index (χ1) is 15.5. The van der Waals surface area contributed by atoms with Gasteiger partial charge in [0.05, 0.1) is 15.2 Å². The summed E-state index contributed by atoms with van der Waals surface area (Å²) in [6, 6.07) is 2.45. The Morgan fingerprint density at radius 1 is 1.30 bits per heavy atom. The lowest BCUT2D eigenvalue weighted by Crippen LogP contribution is -2.65. The Bertz CT molecular complexity index is 1260. The predicted octanol–water partition coefficient (Wildman–Crippen LogP) is 2.49. The van der Waals surface area contributed by atoms with E-state index in [1.54, 1.807) is 0 Å². The lowest BCUT2D eigenvalue weighted by molar-refractivity contribution is -0.153. The fourth-order valence-corrected chi connectivity index (χ4v) is 6.73. The maximum absolute atomic E-state index is 14.7. The molecule has 2 aromatic rings. The van der Waals surface area contributed by atoms with Crippen LogP contribution in [-0.2, 0) is 25.0 Å². The van der Waals surface area contributed by atoms with Gasteiger partial charge in [-0.3, -0.25) is 15.1 Å². The topological polar surface area (TPSA) is 117 Å². The summed E-state index contributed by atoms with van der Waals surface area (Å²) in [5.41, 5.74) is -1.80. The molecule has 0 bridgehead atoms. The number of pyridine rings is 1. The molecule has 33 heavy (non-hydrogen) atoms. The Labute approximate surface area is 201 Å². The van der Waals surface area contributed by atoms with Crippen LogP contribution in [0.5, 0.6) is 0 Å². The van der Waals surface area contributed by atoms with E-state index >= 15 is 0 Å². The number of amides is 1. The minimum atomic E-state index is -4.20. The van der Waals surface area contributed by atoms with Gasteiger partial charge in [-0.05, 0) is 59.6 Å². The lowest BCUT2D eigenvalue weighted by atomic mass is 9.82.